The first kappa shape index (κ1) is 13.0. The van der Waals surface area contributed by atoms with Crippen molar-refractivity contribution >= 4 is 8.69 Å². The fourth-order valence-corrected chi connectivity index (χ4v) is 0.658. The van der Waals surface area contributed by atoms with E-state index in [0.717, 1.165) is 12.8 Å². The molecule has 0 radical (unpaired) electrons. The molecule has 0 unspecified atom stereocenters. The molecule has 4 heteroatoms. The third-order valence-corrected chi connectivity index (χ3v) is 1.18. The van der Waals surface area contributed by atoms with E-state index in [1.165, 1.54) is 6.42 Å². The largest absolute Gasteiger partial charge is 0.327 e. The summed E-state index contributed by atoms with van der Waals surface area (Å²) in [6, 6.07) is 0. The van der Waals surface area contributed by atoms with Gasteiger partial charge in [-0.1, -0.05) is 19.8 Å². The summed E-state index contributed by atoms with van der Waals surface area (Å²) < 4.78 is 14.2. The van der Waals surface area contributed by atoms with Crippen molar-refractivity contribution in [1.29, 1.82) is 0 Å². The molecule has 0 rings (SSSR count). The minimum atomic E-state index is -0.189. The summed E-state index contributed by atoms with van der Waals surface area (Å²) in [4.78, 5) is 0. The smallest absolute Gasteiger partial charge is 0.294 e. The Morgan fingerprint density at radius 1 is 1.44 bits per heavy atom. The van der Waals surface area contributed by atoms with E-state index in [4.69, 9.17) is 0 Å². The molecular formula is C5H11NdO2P. The summed E-state index contributed by atoms with van der Waals surface area (Å²) in [5.41, 5.74) is 0. The van der Waals surface area contributed by atoms with E-state index in [0.29, 0.717) is 6.61 Å². The second-order valence-corrected chi connectivity index (χ2v) is 2.02. The molecule has 0 saturated carbocycles. The number of rotatable bonds is 5. The van der Waals surface area contributed by atoms with E-state index in [1.54, 1.807) is 0 Å². The molecule has 9 heavy (non-hydrogen) atoms. The van der Waals surface area contributed by atoms with Crippen LogP contribution in [-0.2, 0) is 9.09 Å². The van der Waals surface area contributed by atoms with Gasteiger partial charge >= 0.3 is 8.69 Å². The van der Waals surface area contributed by atoms with E-state index in [9.17, 15) is 4.57 Å². The van der Waals surface area contributed by atoms with Gasteiger partial charge in [0.15, 0.2) is 0 Å². The van der Waals surface area contributed by atoms with E-state index in [2.05, 4.69) is 11.4 Å². The van der Waals surface area contributed by atoms with Gasteiger partial charge in [-0.15, -0.1) is 0 Å². The van der Waals surface area contributed by atoms with Crippen LogP contribution in [0.4, 0.5) is 0 Å². The second kappa shape index (κ2) is 12.1. The van der Waals surface area contributed by atoms with Crippen molar-refractivity contribution in [3.8, 4) is 0 Å². The molecule has 0 heterocycles. The quantitative estimate of drug-likeness (QED) is 0.570. The molecule has 0 aromatic carbocycles. The second-order valence-electron chi connectivity index (χ2n) is 1.61. The molecule has 0 N–H and O–H groups in total. The zero-order valence-electron chi connectivity index (χ0n) is 5.59. The first-order valence-electron chi connectivity index (χ1n) is 2.86. The van der Waals surface area contributed by atoms with Crippen LogP contribution in [0.1, 0.15) is 26.2 Å². The Labute approximate surface area is 90.5 Å². The third kappa shape index (κ3) is 12.6. The molecule has 0 aromatic heterocycles. The van der Waals surface area contributed by atoms with Gasteiger partial charge in [0.25, 0.3) is 0 Å². The zero-order chi connectivity index (χ0) is 6.24. The monoisotopic (exact) mass is 276 g/mol. The fraction of sp³-hybridized carbons (Fsp3) is 1.00. The summed E-state index contributed by atoms with van der Waals surface area (Å²) >= 11 is 0. The van der Waals surface area contributed by atoms with Gasteiger partial charge in [-0.05, 0) is 6.42 Å². The van der Waals surface area contributed by atoms with Gasteiger partial charge in [-0.2, -0.15) is 0 Å². The predicted octanol–water partition coefficient (Wildman–Crippen LogP) is 2.40. The van der Waals surface area contributed by atoms with Crippen LogP contribution in [0.5, 0.6) is 0 Å². The van der Waals surface area contributed by atoms with Crippen LogP contribution in [0.3, 0.4) is 0 Å². The molecule has 0 aliphatic rings. The molecule has 0 amide bonds. The molecule has 0 fully saturated rings. The van der Waals surface area contributed by atoms with Crippen molar-refractivity contribution in [2.24, 2.45) is 0 Å². The van der Waals surface area contributed by atoms with Crippen LogP contribution < -0.4 is 0 Å². The van der Waals surface area contributed by atoms with Crippen LogP contribution in [0.25, 0.3) is 0 Å². The van der Waals surface area contributed by atoms with Gasteiger partial charge in [0.2, 0.25) is 0 Å². The summed E-state index contributed by atoms with van der Waals surface area (Å²) in [7, 11) is -0.189. The number of unbranched alkanes of at least 4 members (excludes halogenated alkanes) is 2. The maximum Gasteiger partial charge on any atom is 0.327 e. The number of hydrogen-bond acceptors (Lipinski definition) is 2. The Morgan fingerprint density at radius 3 is 2.56 bits per heavy atom. The van der Waals surface area contributed by atoms with E-state index < -0.39 is 0 Å². The van der Waals surface area contributed by atoms with Gasteiger partial charge < -0.3 is 0 Å². The summed E-state index contributed by atoms with van der Waals surface area (Å²) in [6.45, 7) is 2.74. The Kier molecular flexibility index (Phi) is 17.6. The molecule has 0 aromatic rings. The van der Waals surface area contributed by atoms with Crippen molar-refractivity contribution < 1.29 is 49.9 Å². The van der Waals surface area contributed by atoms with Crippen molar-refractivity contribution in [3.05, 3.63) is 0 Å². The molecule has 52 valence electrons. The van der Waals surface area contributed by atoms with E-state index in [1.807, 2.05) is 0 Å². The van der Waals surface area contributed by atoms with Crippen LogP contribution in [-0.4, -0.2) is 6.61 Å². The summed E-state index contributed by atoms with van der Waals surface area (Å²) in [6.07, 6.45) is 3.36. The summed E-state index contributed by atoms with van der Waals surface area (Å²) in [5.74, 6) is 0. The first-order chi connectivity index (χ1) is 3.91. The van der Waals surface area contributed by atoms with Crippen molar-refractivity contribution in [1.82, 2.24) is 0 Å². The maximum atomic E-state index is 9.64. The Balaban J connectivity index is 0. The Hall–Kier alpha value is 1.41. The van der Waals surface area contributed by atoms with Crippen LogP contribution in [0.2, 0.25) is 0 Å². The molecule has 0 saturated heterocycles. The third-order valence-electron chi connectivity index (χ3n) is 0.892. The minimum absolute atomic E-state index is 0. The maximum absolute atomic E-state index is 9.64. The Bertz CT molecular complexity index is 60.9. The fourth-order valence-electron chi connectivity index (χ4n) is 0.454. The Morgan fingerprint density at radius 2 is 2.11 bits per heavy atom. The molecule has 0 atom stereocenters. The predicted molar refractivity (Wildman–Crippen MR) is 33.1 cm³/mol. The van der Waals surface area contributed by atoms with Gasteiger partial charge in [0.05, 0.1) is 6.61 Å². The molecule has 0 spiro atoms. The average Bonchev–Trinajstić information content (AvgIpc) is 1.81. The molecule has 0 bridgehead atoms. The average molecular weight is 278 g/mol. The summed E-state index contributed by atoms with van der Waals surface area (Å²) in [5, 5.41) is 0. The molecule has 2 nitrogen and oxygen atoms in total. The van der Waals surface area contributed by atoms with Crippen molar-refractivity contribution in [2.45, 2.75) is 26.2 Å². The van der Waals surface area contributed by atoms with E-state index >= 15 is 0 Å². The van der Waals surface area contributed by atoms with Crippen molar-refractivity contribution in [2.75, 3.05) is 6.61 Å². The SMILES string of the molecule is CCCCCOP=O.[Nd]. The van der Waals surface area contributed by atoms with Gasteiger partial charge in [0.1, 0.15) is 0 Å². The van der Waals surface area contributed by atoms with Crippen molar-refractivity contribution in [3.63, 3.8) is 0 Å². The zero-order valence-corrected chi connectivity index (χ0v) is 9.69. The topological polar surface area (TPSA) is 26.3 Å². The molecule has 0 aliphatic heterocycles. The van der Waals surface area contributed by atoms with Crippen LogP contribution in [0, 0.1) is 40.8 Å². The molecular weight excluding hydrogens is 267 g/mol. The van der Waals surface area contributed by atoms with Gasteiger partial charge in [0, 0.05) is 40.8 Å². The number of hydrogen-bond donors (Lipinski definition) is 0. The first-order valence-corrected chi connectivity index (χ1v) is 3.59. The van der Waals surface area contributed by atoms with Gasteiger partial charge in [-0.3, -0.25) is 4.52 Å². The molecule has 0 aliphatic carbocycles. The van der Waals surface area contributed by atoms with Crippen LogP contribution >= 0.6 is 8.69 Å². The standard InChI is InChI=1S/C5H11O2P.Nd/c1-2-3-4-5-7-8-6;/h2-5H2,1H3;. The van der Waals surface area contributed by atoms with E-state index in [-0.39, 0.29) is 49.5 Å². The van der Waals surface area contributed by atoms with Crippen LogP contribution in [0.15, 0.2) is 0 Å². The van der Waals surface area contributed by atoms with Gasteiger partial charge in [-0.25, -0.2) is 4.57 Å². The minimum Gasteiger partial charge on any atom is -0.294 e. The normalized spacial score (nSPS) is 9.00.